The second-order valence-corrected chi connectivity index (χ2v) is 6.29. The Labute approximate surface area is 154 Å². The highest BCUT2D eigenvalue weighted by atomic mass is 16.5. The third-order valence-corrected chi connectivity index (χ3v) is 4.38. The van der Waals surface area contributed by atoms with E-state index in [1.807, 2.05) is 53.4 Å². The van der Waals surface area contributed by atoms with Gasteiger partial charge in [-0.2, -0.15) is 0 Å². The predicted molar refractivity (Wildman–Crippen MR) is 101 cm³/mol. The van der Waals surface area contributed by atoms with Gasteiger partial charge in [-0.05, 0) is 49.2 Å². The summed E-state index contributed by atoms with van der Waals surface area (Å²) < 4.78 is 11.2. The first kappa shape index (κ1) is 18.1. The lowest BCUT2D eigenvalue weighted by Gasteiger charge is -2.24. The highest BCUT2D eigenvalue weighted by molar-refractivity contribution is 5.92. The number of rotatable bonds is 5. The van der Waals surface area contributed by atoms with E-state index in [9.17, 15) is 4.79 Å². The standard InChI is InChI=1S/C21H24N2O3/c1-17-11-14-25-15-13-23(17)21(24)10-7-18-5-8-20(9-6-18)26-16-19-4-2-3-12-22-19/h2-10,12,17H,11,13-16H2,1H3/b10-7+. The zero-order valence-electron chi connectivity index (χ0n) is 15.0. The molecule has 0 radical (unpaired) electrons. The smallest absolute Gasteiger partial charge is 0.246 e. The number of ether oxygens (including phenoxy) is 2. The molecule has 2 heterocycles. The van der Waals surface area contributed by atoms with Crippen LogP contribution in [-0.2, 0) is 16.1 Å². The third kappa shape index (κ3) is 5.17. The normalized spacial score (nSPS) is 17.9. The van der Waals surface area contributed by atoms with Crippen LogP contribution in [0.2, 0.25) is 0 Å². The first-order valence-electron chi connectivity index (χ1n) is 8.91. The molecule has 1 aromatic heterocycles. The lowest BCUT2D eigenvalue weighted by atomic mass is 10.2. The molecule has 5 heteroatoms. The highest BCUT2D eigenvalue weighted by Gasteiger charge is 2.20. The van der Waals surface area contributed by atoms with E-state index in [4.69, 9.17) is 9.47 Å². The fourth-order valence-corrected chi connectivity index (χ4v) is 2.80. The summed E-state index contributed by atoms with van der Waals surface area (Å²) in [5.41, 5.74) is 1.85. The molecule has 1 aliphatic heterocycles. The molecule has 1 saturated heterocycles. The first-order chi connectivity index (χ1) is 12.7. The van der Waals surface area contributed by atoms with Crippen molar-refractivity contribution >= 4 is 12.0 Å². The van der Waals surface area contributed by atoms with Gasteiger partial charge >= 0.3 is 0 Å². The minimum Gasteiger partial charge on any atom is -0.487 e. The van der Waals surface area contributed by atoms with Gasteiger partial charge < -0.3 is 14.4 Å². The van der Waals surface area contributed by atoms with Gasteiger partial charge in [0.2, 0.25) is 5.91 Å². The molecule has 1 amide bonds. The maximum atomic E-state index is 12.4. The molecule has 0 N–H and O–H groups in total. The number of nitrogens with zero attached hydrogens (tertiary/aromatic N) is 2. The van der Waals surface area contributed by atoms with E-state index in [1.54, 1.807) is 12.3 Å². The van der Waals surface area contributed by atoms with Gasteiger partial charge in [0.25, 0.3) is 0 Å². The van der Waals surface area contributed by atoms with Crippen molar-refractivity contribution in [2.45, 2.75) is 26.0 Å². The maximum Gasteiger partial charge on any atom is 0.246 e. The van der Waals surface area contributed by atoms with Crippen LogP contribution in [0.3, 0.4) is 0 Å². The van der Waals surface area contributed by atoms with Crippen molar-refractivity contribution in [1.29, 1.82) is 0 Å². The quantitative estimate of drug-likeness (QED) is 0.775. The van der Waals surface area contributed by atoms with Crippen molar-refractivity contribution in [2.75, 3.05) is 19.8 Å². The summed E-state index contributed by atoms with van der Waals surface area (Å²) >= 11 is 0. The van der Waals surface area contributed by atoms with Crippen LogP contribution in [0.15, 0.2) is 54.7 Å². The van der Waals surface area contributed by atoms with Crippen LogP contribution in [0.5, 0.6) is 5.75 Å². The molecular formula is C21H24N2O3. The molecule has 0 spiro atoms. The fourth-order valence-electron chi connectivity index (χ4n) is 2.80. The van der Waals surface area contributed by atoms with Gasteiger partial charge in [0.1, 0.15) is 12.4 Å². The molecule has 136 valence electrons. The van der Waals surface area contributed by atoms with Gasteiger partial charge in [-0.25, -0.2) is 0 Å². The molecule has 2 aromatic rings. The largest absolute Gasteiger partial charge is 0.487 e. The van der Waals surface area contributed by atoms with Crippen molar-refractivity contribution < 1.29 is 14.3 Å². The van der Waals surface area contributed by atoms with Crippen molar-refractivity contribution in [3.05, 3.63) is 66.0 Å². The van der Waals surface area contributed by atoms with Crippen molar-refractivity contribution in [2.24, 2.45) is 0 Å². The van der Waals surface area contributed by atoms with Gasteiger partial charge in [-0.1, -0.05) is 18.2 Å². The molecule has 26 heavy (non-hydrogen) atoms. The first-order valence-corrected chi connectivity index (χ1v) is 8.91. The van der Waals surface area contributed by atoms with Crippen molar-refractivity contribution in [1.82, 2.24) is 9.88 Å². The van der Waals surface area contributed by atoms with Crippen molar-refractivity contribution in [3.8, 4) is 5.75 Å². The number of carbonyl (C=O) groups is 1. The van der Waals surface area contributed by atoms with E-state index >= 15 is 0 Å². The number of benzene rings is 1. The number of hydrogen-bond acceptors (Lipinski definition) is 4. The maximum absolute atomic E-state index is 12.4. The van der Waals surface area contributed by atoms with Crippen LogP contribution in [-0.4, -0.2) is 41.6 Å². The Morgan fingerprint density at radius 1 is 1.27 bits per heavy atom. The summed E-state index contributed by atoms with van der Waals surface area (Å²) in [5.74, 6) is 0.802. The van der Waals surface area contributed by atoms with Crippen LogP contribution in [0.1, 0.15) is 24.6 Å². The second kappa shape index (κ2) is 9.15. The van der Waals surface area contributed by atoms with Gasteiger partial charge in [-0.3, -0.25) is 9.78 Å². The summed E-state index contributed by atoms with van der Waals surface area (Å²) in [4.78, 5) is 18.5. The van der Waals surface area contributed by atoms with E-state index in [1.165, 1.54) is 0 Å². The lowest BCUT2D eigenvalue weighted by molar-refractivity contribution is -0.127. The highest BCUT2D eigenvalue weighted by Crippen LogP contribution is 2.15. The Balaban J connectivity index is 1.54. The molecule has 0 bridgehead atoms. The van der Waals surface area contributed by atoms with E-state index in [-0.39, 0.29) is 11.9 Å². The Hall–Kier alpha value is -2.66. The van der Waals surface area contributed by atoms with Crippen LogP contribution < -0.4 is 4.74 Å². The van der Waals surface area contributed by atoms with Gasteiger partial charge in [-0.15, -0.1) is 0 Å². The molecule has 1 aromatic carbocycles. The van der Waals surface area contributed by atoms with E-state index in [0.717, 1.165) is 23.4 Å². The number of hydrogen-bond donors (Lipinski definition) is 0. The van der Waals surface area contributed by atoms with Gasteiger partial charge in [0.05, 0.1) is 12.3 Å². The monoisotopic (exact) mass is 352 g/mol. The van der Waals surface area contributed by atoms with Crippen LogP contribution in [0.4, 0.5) is 0 Å². The average molecular weight is 352 g/mol. The van der Waals surface area contributed by atoms with Gasteiger partial charge in [0, 0.05) is 31.5 Å². The molecule has 3 rings (SSSR count). The van der Waals surface area contributed by atoms with Gasteiger partial charge in [0.15, 0.2) is 0 Å². The topological polar surface area (TPSA) is 51.7 Å². The molecule has 1 fully saturated rings. The number of pyridine rings is 1. The minimum atomic E-state index is 0.0264. The summed E-state index contributed by atoms with van der Waals surface area (Å²) in [6, 6.07) is 13.6. The molecule has 0 aliphatic carbocycles. The van der Waals surface area contributed by atoms with Crippen LogP contribution >= 0.6 is 0 Å². The molecular weight excluding hydrogens is 328 g/mol. The Bertz CT molecular complexity index is 729. The van der Waals surface area contributed by atoms with E-state index in [2.05, 4.69) is 11.9 Å². The van der Waals surface area contributed by atoms with Crippen molar-refractivity contribution in [3.63, 3.8) is 0 Å². The summed E-state index contributed by atoms with van der Waals surface area (Å²) in [7, 11) is 0. The molecule has 0 saturated carbocycles. The Kier molecular flexibility index (Phi) is 6.39. The third-order valence-electron chi connectivity index (χ3n) is 4.38. The molecule has 1 atom stereocenters. The van der Waals surface area contributed by atoms with Crippen LogP contribution in [0, 0.1) is 0 Å². The summed E-state index contributed by atoms with van der Waals surface area (Å²) in [6.07, 6.45) is 6.09. The Morgan fingerprint density at radius 3 is 2.88 bits per heavy atom. The minimum absolute atomic E-state index is 0.0264. The number of amides is 1. The van der Waals surface area contributed by atoms with Crippen LogP contribution in [0.25, 0.3) is 6.08 Å². The second-order valence-electron chi connectivity index (χ2n) is 6.29. The van der Waals surface area contributed by atoms with E-state index < -0.39 is 0 Å². The SMILES string of the molecule is CC1CCOCCN1C(=O)/C=C/c1ccc(OCc2ccccn2)cc1. The molecule has 5 nitrogen and oxygen atoms in total. The average Bonchev–Trinajstić information content (AvgIpc) is 2.90. The lowest BCUT2D eigenvalue weighted by Crippen LogP contribution is -2.38. The summed E-state index contributed by atoms with van der Waals surface area (Å²) in [6.45, 7) is 4.46. The zero-order chi connectivity index (χ0) is 18.2. The number of carbonyl (C=O) groups excluding carboxylic acids is 1. The molecule has 1 unspecified atom stereocenters. The number of aromatic nitrogens is 1. The molecule has 1 aliphatic rings. The zero-order valence-corrected chi connectivity index (χ0v) is 15.0. The fraction of sp³-hybridized carbons (Fsp3) is 0.333. The Morgan fingerprint density at radius 2 is 2.12 bits per heavy atom. The summed E-state index contributed by atoms with van der Waals surface area (Å²) in [5, 5.41) is 0. The van der Waals surface area contributed by atoms with E-state index in [0.29, 0.717) is 26.4 Å². The predicted octanol–water partition coefficient (Wildman–Crippen LogP) is 3.31.